The molecule has 7 nitrogen and oxygen atoms in total. The fourth-order valence-corrected chi connectivity index (χ4v) is 3.95. The number of carbonyl (C=O) groups is 2. The zero-order valence-corrected chi connectivity index (χ0v) is 18.8. The zero-order chi connectivity index (χ0) is 21.8. The number of carbonyl (C=O) groups excluding carboxylic acids is 2. The number of ether oxygens (including phenoxy) is 2. The summed E-state index contributed by atoms with van der Waals surface area (Å²) in [5.74, 6) is 0.795. The fourth-order valence-electron chi connectivity index (χ4n) is 3.95. The van der Waals surface area contributed by atoms with E-state index in [1.54, 1.807) is 37.3 Å². The second-order valence-corrected chi connectivity index (χ2v) is 8.86. The number of hydrogen-bond donors (Lipinski definition) is 1. The van der Waals surface area contributed by atoms with Gasteiger partial charge in [-0.3, -0.25) is 14.5 Å². The van der Waals surface area contributed by atoms with Gasteiger partial charge in [0.2, 0.25) is 5.91 Å². The number of likely N-dealkylation sites (N-methyl/N-ethyl adjacent to an activating group) is 2. The summed E-state index contributed by atoms with van der Waals surface area (Å²) in [7, 11) is 5.56. The van der Waals surface area contributed by atoms with Crippen molar-refractivity contribution >= 4 is 17.5 Å². The predicted octanol–water partition coefficient (Wildman–Crippen LogP) is 2.86. The van der Waals surface area contributed by atoms with Crippen molar-refractivity contribution < 1.29 is 19.1 Å². The normalized spacial score (nSPS) is 26.6. The maximum Gasteiger partial charge on any atom is 0.257 e. The average Bonchev–Trinajstić information content (AvgIpc) is 2.67. The summed E-state index contributed by atoms with van der Waals surface area (Å²) in [5.41, 5.74) is 1.16. The molecule has 0 bridgehead atoms. The van der Waals surface area contributed by atoms with E-state index in [4.69, 9.17) is 9.47 Å². The van der Waals surface area contributed by atoms with Crippen molar-refractivity contribution in [1.29, 1.82) is 0 Å². The molecule has 1 saturated carbocycles. The lowest BCUT2D eigenvalue weighted by Gasteiger charge is -2.34. The quantitative estimate of drug-likeness (QED) is 0.819. The zero-order valence-electron chi connectivity index (χ0n) is 18.8. The van der Waals surface area contributed by atoms with E-state index in [1.807, 2.05) is 0 Å². The molecule has 1 aromatic rings. The van der Waals surface area contributed by atoms with Crippen LogP contribution >= 0.6 is 0 Å². The Bertz CT molecular complexity index is 765. The molecule has 3 rings (SSSR count). The molecule has 30 heavy (non-hydrogen) atoms. The third kappa shape index (κ3) is 5.13. The largest absolute Gasteiger partial charge is 0.491 e. The summed E-state index contributed by atoms with van der Waals surface area (Å²) in [6, 6.07) is 5.46. The van der Waals surface area contributed by atoms with E-state index in [9.17, 15) is 9.59 Å². The highest BCUT2D eigenvalue weighted by atomic mass is 16.5. The molecule has 2 amide bonds. The van der Waals surface area contributed by atoms with Crippen LogP contribution in [0.15, 0.2) is 18.2 Å². The summed E-state index contributed by atoms with van der Waals surface area (Å²) < 4.78 is 11.8. The first-order chi connectivity index (χ1) is 14.3. The number of nitrogens with one attached hydrogen (secondary N) is 1. The number of fused-ring (bicyclic) bond motifs is 1. The molecular formula is C23H35N3O4. The summed E-state index contributed by atoms with van der Waals surface area (Å²) in [6.07, 6.45) is 2.94. The number of amides is 2. The second-order valence-electron chi connectivity index (χ2n) is 8.86. The van der Waals surface area contributed by atoms with Gasteiger partial charge < -0.3 is 19.7 Å². The van der Waals surface area contributed by atoms with E-state index in [2.05, 4.69) is 31.1 Å². The molecule has 1 N–H and O–H groups in total. The van der Waals surface area contributed by atoms with Crippen molar-refractivity contribution in [2.24, 2.45) is 11.8 Å². The molecule has 1 aliphatic carbocycles. The van der Waals surface area contributed by atoms with Crippen molar-refractivity contribution in [3.05, 3.63) is 23.8 Å². The van der Waals surface area contributed by atoms with E-state index in [-0.39, 0.29) is 35.8 Å². The molecule has 3 atom stereocenters. The summed E-state index contributed by atoms with van der Waals surface area (Å²) >= 11 is 0. The van der Waals surface area contributed by atoms with Crippen LogP contribution < -0.4 is 10.1 Å². The molecular weight excluding hydrogens is 382 g/mol. The van der Waals surface area contributed by atoms with Crippen molar-refractivity contribution in [3.63, 3.8) is 0 Å². The predicted molar refractivity (Wildman–Crippen MR) is 117 cm³/mol. The van der Waals surface area contributed by atoms with E-state index < -0.39 is 0 Å². The van der Waals surface area contributed by atoms with Crippen molar-refractivity contribution in [2.75, 3.05) is 46.2 Å². The maximum atomic E-state index is 13.2. The standard InChI is InChI=1S/C23H35N3O4/c1-15-12-25(3)16(2)14-30-20-11-18(24-22(27)17-7-6-8-17)9-10-19(20)23(28)26(4)13-21(15)29-5/h9-11,15-17,21H,6-8,12-14H2,1-5H3,(H,24,27)/t15-,16-,21+/m0/s1. The molecule has 0 spiro atoms. The highest BCUT2D eigenvalue weighted by Gasteiger charge is 2.28. The SMILES string of the molecule is CO[C@@H]1CN(C)C(=O)c2ccc(NC(=O)C3CCC3)cc2OC[C@H](C)N(C)C[C@@H]1C. The Balaban J connectivity index is 1.87. The van der Waals surface area contributed by atoms with Gasteiger partial charge in [-0.05, 0) is 44.9 Å². The summed E-state index contributed by atoms with van der Waals surface area (Å²) in [6.45, 7) is 6.04. The number of benzene rings is 1. The van der Waals surface area contributed by atoms with Crippen LogP contribution in [0, 0.1) is 11.8 Å². The Morgan fingerprint density at radius 3 is 2.57 bits per heavy atom. The van der Waals surface area contributed by atoms with Gasteiger partial charge >= 0.3 is 0 Å². The first-order valence-electron chi connectivity index (χ1n) is 10.9. The molecule has 1 fully saturated rings. The molecule has 1 heterocycles. The second kappa shape index (κ2) is 9.79. The number of nitrogens with zero attached hydrogens (tertiary/aromatic N) is 2. The Hall–Kier alpha value is -2.12. The minimum absolute atomic E-state index is 0.0443. The molecule has 7 heteroatoms. The van der Waals surface area contributed by atoms with Crippen LogP contribution in [0.1, 0.15) is 43.5 Å². The van der Waals surface area contributed by atoms with Crippen LogP contribution in [0.5, 0.6) is 5.75 Å². The number of methoxy groups -OCH3 is 1. The van der Waals surface area contributed by atoms with Crippen molar-refractivity contribution in [1.82, 2.24) is 9.80 Å². The lowest BCUT2D eigenvalue weighted by atomic mass is 9.85. The Labute approximate surface area is 179 Å². The Morgan fingerprint density at radius 1 is 1.20 bits per heavy atom. The molecule has 0 unspecified atom stereocenters. The Morgan fingerprint density at radius 2 is 1.93 bits per heavy atom. The molecule has 0 aromatic heterocycles. The van der Waals surface area contributed by atoms with Gasteiger partial charge in [-0.15, -0.1) is 0 Å². The van der Waals surface area contributed by atoms with Crippen LogP contribution in [0.25, 0.3) is 0 Å². The van der Waals surface area contributed by atoms with E-state index >= 15 is 0 Å². The summed E-state index contributed by atoms with van der Waals surface area (Å²) in [4.78, 5) is 29.4. The van der Waals surface area contributed by atoms with Gasteiger partial charge in [-0.25, -0.2) is 0 Å². The lowest BCUT2D eigenvalue weighted by molar-refractivity contribution is -0.122. The molecule has 166 valence electrons. The average molecular weight is 418 g/mol. The van der Waals surface area contributed by atoms with Gasteiger partial charge in [-0.2, -0.15) is 0 Å². The van der Waals surface area contributed by atoms with Gasteiger partial charge in [0.25, 0.3) is 5.91 Å². The van der Waals surface area contributed by atoms with Gasteiger partial charge in [0.05, 0.1) is 11.7 Å². The fraction of sp³-hybridized carbons (Fsp3) is 0.652. The lowest BCUT2D eigenvalue weighted by Crippen LogP contribution is -2.45. The van der Waals surface area contributed by atoms with Crippen LogP contribution in [-0.4, -0.2) is 74.7 Å². The Kier molecular flexibility index (Phi) is 7.36. The summed E-state index contributed by atoms with van der Waals surface area (Å²) in [5, 5.41) is 2.97. The molecule has 1 aliphatic heterocycles. The number of anilines is 1. The molecule has 2 aliphatic rings. The van der Waals surface area contributed by atoms with Gasteiger partial charge in [0.1, 0.15) is 12.4 Å². The van der Waals surface area contributed by atoms with Crippen molar-refractivity contribution in [3.8, 4) is 5.75 Å². The van der Waals surface area contributed by atoms with E-state index in [1.165, 1.54) is 0 Å². The topological polar surface area (TPSA) is 71.1 Å². The molecule has 0 saturated heterocycles. The van der Waals surface area contributed by atoms with Crippen LogP contribution in [-0.2, 0) is 9.53 Å². The maximum absolute atomic E-state index is 13.2. The third-order valence-corrected chi connectivity index (χ3v) is 6.50. The van der Waals surface area contributed by atoms with E-state index in [0.29, 0.717) is 30.2 Å². The first kappa shape index (κ1) is 22.6. The van der Waals surface area contributed by atoms with Gasteiger partial charge in [0.15, 0.2) is 0 Å². The van der Waals surface area contributed by atoms with Crippen LogP contribution in [0.2, 0.25) is 0 Å². The molecule has 0 radical (unpaired) electrons. The smallest absolute Gasteiger partial charge is 0.257 e. The van der Waals surface area contributed by atoms with Gasteiger partial charge in [0, 0.05) is 51.0 Å². The molecule has 1 aromatic carbocycles. The minimum atomic E-state index is -0.113. The first-order valence-corrected chi connectivity index (χ1v) is 10.9. The van der Waals surface area contributed by atoms with Gasteiger partial charge in [-0.1, -0.05) is 13.3 Å². The minimum Gasteiger partial charge on any atom is -0.491 e. The highest BCUT2D eigenvalue weighted by molar-refractivity contribution is 5.99. The van der Waals surface area contributed by atoms with Crippen LogP contribution in [0.3, 0.4) is 0 Å². The third-order valence-electron chi connectivity index (χ3n) is 6.50. The van der Waals surface area contributed by atoms with E-state index in [0.717, 1.165) is 25.8 Å². The number of rotatable bonds is 3. The monoisotopic (exact) mass is 417 g/mol. The van der Waals surface area contributed by atoms with Crippen LogP contribution in [0.4, 0.5) is 5.69 Å². The highest BCUT2D eigenvalue weighted by Crippen LogP contribution is 2.30. The van der Waals surface area contributed by atoms with Crippen molar-refractivity contribution in [2.45, 2.75) is 45.3 Å². The number of hydrogen-bond acceptors (Lipinski definition) is 5.